The second-order valence-corrected chi connectivity index (χ2v) is 8.58. The van der Waals surface area contributed by atoms with Crippen molar-refractivity contribution in [2.45, 2.75) is 26.3 Å². The van der Waals surface area contributed by atoms with Gasteiger partial charge >= 0.3 is 0 Å². The Hall–Kier alpha value is -3.04. The number of thiocarbonyl (C=S) groups is 1. The van der Waals surface area contributed by atoms with E-state index in [1.807, 2.05) is 13.8 Å². The van der Waals surface area contributed by atoms with Crippen LogP contribution in [0.4, 0.5) is 4.39 Å². The van der Waals surface area contributed by atoms with Crippen LogP contribution in [0.1, 0.15) is 25.8 Å². The Balaban J connectivity index is 1.87. The van der Waals surface area contributed by atoms with Crippen LogP contribution in [0.25, 0.3) is 11.7 Å². The number of carbonyl (C=O) groups is 1. The highest BCUT2D eigenvalue weighted by atomic mass is 32.2. The zero-order chi connectivity index (χ0) is 22.1. The van der Waals surface area contributed by atoms with Gasteiger partial charge in [-0.1, -0.05) is 49.1 Å². The molecule has 1 aliphatic rings. The maximum absolute atomic E-state index is 14.2. The van der Waals surface area contributed by atoms with Crippen molar-refractivity contribution in [1.29, 1.82) is 0 Å². The molecule has 1 saturated heterocycles. The van der Waals surface area contributed by atoms with Crippen molar-refractivity contribution >= 4 is 45.9 Å². The van der Waals surface area contributed by atoms with Gasteiger partial charge in [0.2, 0.25) is 5.88 Å². The lowest BCUT2D eigenvalue weighted by atomic mass is 10.2. The van der Waals surface area contributed by atoms with E-state index in [9.17, 15) is 14.0 Å². The Morgan fingerprint density at radius 1 is 1.23 bits per heavy atom. The van der Waals surface area contributed by atoms with Crippen LogP contribution in [0.5, 0.6) is 11.6 Å². The van der Waals surface area contributed by atoms with E-state index in [1.165, 1.54) is 33.6 Å². The molecule has 158 valence electrons. The molecule has 1 aromatic carbocycles. The molecule has 3 aromatic rings. The number of thioether (sulfide) groups is 1. The van der Waals surface area contributed by atoms with Gasteiger partial charge in [0.1, 0.15) is 15.5 Å². The minimum absolute atomic E-state index is 0.0385. The fourth-order valence-electron chi connectivity index (χ4n) is 3.09. The van der Waals surface area contributed by atoms with E-state index in [2.05, 4.69) is 4.98 Å². The predicted octanol–water partition coefficient (Wildman–Crippen LogP) is 4.63. The second-order valence-electron chi connectivity index (χ2n) is 6.91. The highest BCUT2D eigenvalue weighted by molar-refractivity contribution is 8.26. The molecule has 2 aromatic heterocycles. The summed E-state index contributed by atoms with van der Waals surface area (Å²) in [7, 11) is 0. The van der Waals surface area contributed by atoms with Gasteiger partial charge in [0.05, 0.1) is 4.91 Å². The number of pyridine rings is 1. The quantitative estimate of drug-likeness (QED) is 0.413. The number of rotatable bonds is 5. The smallest absolute Gasteiger partial charge is 0.269 e. The Morgan fingerprint density at radius 2 is 1.97 bits per heavy atom. The van der Waals surface area contributed by atoms with Crippen LogP contribution in [0.15, 0.2) is 58.4 Å². The topological polar surface area (TPSA) is 63.9 Å². The molecule has 1 aliphatic heterocycles. The first-order valence-corrected chi connectivity index (χ1v) is 10.8. The van der Waals surface area contributed by atoms with Crippen LogP contribution in [0.3, 0.4) is 0 Å². The number of hydrogen-bond donors (Lipinski definition) is 0. The van der Waals surface area contributed by atoms with Crippen molar-refractivity contribution in [3.8, 4) is 11.6 Å². The molecule has 0 radical (unpaired) electrons. The van der Waals surface area contributed by atoms with E-state index in [4.69, 9.17) is 17.0 Å². The SMILES string of the molecule is CCC(C)N1C(=O)/C(=C\c2c(Oc3ccccc3F)nc3ccccn3c2=O)SC1=S. The third-order valence-electron chi connectivity index (χ3n) is 4.91. The summed E-state index contributed by atoms with van der Waals surface area (Å²) in [4.78, 5) is 32.4. The van der Waals surface area contributed by atoms with Crippen molar-refractivity contribution in [2.24, 2.45) is 0 Å². The summed E-state index contributed by atoms with van der Waals surface area (Å²) in [5, 5.41) is 0. The minimum atomic E-state index is -0.591. The van der Waals surface area contributed by atoms with Crippen LogP contribution in [0, 0.1) is 5.82 Å². The molecule has 0 bridgehead atoms. The molecule has 0 aliphatic carbocycles. The lowest BCUT2D eigenvalue weighted by Crippen LogP contribution is -2.36. The Morgan fingerprint density at radius 3 is 2.71 bits per heavy atom. The number of halogens is 1. The monoisotopic (exact) mass is 455 g/mol. The molecular weight excluding hydrogens is 437 g/mol. The van der Waals surface area contributed by atoms with Gasteiger partial charge in [0.15, 0.2) is 11.6 Å². The molecule has 6 nitrogen and oxygen atoms in total. The lowest BCUT2D eigenvalue weighted by molar-refractivity contribution is -0.123. The molecule has 0 saturated carbocycles. The molecule has 1 fully saturated rings. The third kappa shape index (κ3) is 3.98. The first-order valence-electron chi connectivity index (χ1n) is 9.61. The van der Waals surface area contributed by atoms with Gasteiger partial charge in [-0.05, 0) is 43.7 Å². The number of nitrogens with zero attached hydrogens (tertiary/aromatic N) is 3. The molecule has 0 spiro atoms. The molecule has 3 heterocycles. The van der Waals surface area contributed by atoms with Crippen molar-refractivity contribution in [2.75, 3.05) is 0 Å². The average molecular weight is 456 g/mol. The Labute approximate surface area is 187 Å². The largest absolute Gasteiger partial charge is 0.435 e. The second kappa shape index (κ2) is 8.60. The maximum Gasteiger partial charge on any atom is 0.269 e. The van der Waals surface area contributed by atoms with Crippen molar-refractivity contribution in [3.05, 3.63) is 75.3 Å². The summed E-state index contributed by atoms with van der Waals surface area (Å²) in [6.07, 6.45) is 3.73. The maximum atomic E-state index is 14.2. The number of carbonyl (C=O) groups excluding carboxylic acids is 1. The van der Waals surface area contributed by atoms with Gasteiger partial charge in [-0.3, -0.25) is 18.9 Å². The van der Waals surface area contributed by atoms with Crippen molar-refractivity contribution in [1.82, 2.24) is 14.3 Å². The van der Waals surface area contributed by atoms with Crippen molar-refractivity contribution < 1.29 is 13.9 Å². The number of ether oxygens (including phenoxy) is 1. The van der Waals surface area contributed by atoms with Gasteiger partial charge in [0.25, 0.3) is 11.5 Å². The summed E-state index contributed by atoms with van der Waals surface area (Å²) in [5.74, 6) is -1.03. The van der Waals surface area contributed by atoms with E-state index < -0.39 is 11.4 Å². The van der Waals surface area contributed by atoms with Gasteiger partial charge in [-0.25, -0.2) is 4.39 Å². The number of benzene rings is 1. The fraction of sp³-hybridized carbons (Fsp3) is 0.182. The van der Waals surface area contributed by atoms with Crippen LogP contribution in [-0.4, -0.2) is 30.6 Å². The van der Waals surface area contributed by atoms with E-state index in [0.29, 0.717) is 14.9 Å². The summed E-state index contributed by atoms with van der Waals surface area (Å²) >= 11 is 6.48. The van der Waals surface area contributed by atoms with Gasteiger partial charge in [-0.15, -0.1) is 0 Å². The normalized spacial score (nSPS) is 16.4. The Kier molecular flexibility index (Phi) is 5.88. The van der Waals surface area contributed by atoms with E-state index in [1.54, 1.807) is 30.5 Å². The molecular formula is C22H18FN3O3S2. The average Bonchev–Trinajstić information content (AvgIpc) is 3.04. The highest BCUT2D eigenvalue weighted by Gasteiger charge is 2.35. The lowest BCUT2D eigenvalue weighted by Gasteiger charge is -2.21. The van der Waals surface area contributed by atoms with Gasteiger partial charge in [0, 0.05) is 12.2 Å². The molecule has 1 atom stereocenters. The molecule has 0 N–H and O–H groups in total. The van der Waals surface area contributed by atoms with Crippen LogP contribution in [0.2, 0.25) is 0 Å². The highest BCUT2D eigenvalue weighted by Crippen LogP contribution is 2.35. The van der Waals surface area contributed by atoms with Gasteiger partial charge in [-0.2, -0.15) is 4.98 Å². The first-order chi connectivity index (χ1) is 14.9. The van der Waals surface area contributed by atoms with Crippen LogP contribution < -0.4 is 10.3 Å². The number of fused-ring (bicyclic) bond motifs is 1. The number of amides is 1. The first kappa shape index (κ1) is 21.2. The summed E-state index contributed by atoms with van der Waals surface area (Å²) in [5.41, 5.74) is -0.0644. The number of aromatic nitrogens is 2. The van der Waals surface area contributed by atoms with Crippen LogP contribution >= 0.6 is 24.0 Å². The van der Waals surface area contributed by atoms with Crippen molar-refractivity contribution in [3.63, 3.8) is 0 Å². The number of hydrogen-bond acceptors (Lipinski definition) is 6. The molecule has 9 heteroatoms. The standard InChI is InChI=1S/C22H18FN3O3S2/c1-3-13(2)26-21(28)17(31-22(26)30)12-14-19(29-16-9-5-4-8-15(16)23)24-18-10-6-7-11-25(18)20(14)27/h4-13H,3H2,1-2H3/b17-12+. The third-order valence-corrected chi connectivity index (χ3v) is 6.24. The summed E-state index contributed by atoms with van der Waals surface area (Å²) in [6.45, 7) is 3.87. The van der Waals surface area contributed by atoms with E-state index in [0.717, 1.165) is 18.2 Å². The Bertz CT molecular complexity index is 1290. The predicted molar refractivity (Wildman–Crippen MR) is 123 cm³/mol. The zero-order valence-electron chi connectivity index (χ0n) is 16.7. The summed E-state index contributed by atoms with van der Waals surface area (Å²) < 4.78 is 21.6. The zero-order valence-corrected chi connectivity index (χ0v) is 18.4. The molecule has 31 heavy (non-hydrogen) atoms. The van der Waals surface area contributed by atoms with Gasteiger partial charge < -0.3 is 4.74 Å². The minimum Gasteiger partial charge on any atom is -0.435 e. The van der Waals surface area contributed by atoms with E-state index in [-0.39, 0.29) is 29.1 Å². The molecule has 1 amide bonds. The van der Waals surface area contributed by atoms with E-state index >= 15 is 0 Å². The molecule has 1 unspecified atom stereocenters. The van der Waals surface area contributed by atoms with Crippen LogP contribution in [-0.2, 0) is 4.79 Å². The number of para-hydroxylation sites is 1. The summed E-state index contributed by atoms with van der Waals surface area (Å²) in [6, 6.07) is 10.8. The molecule has 4 rings (SSSR count). The fourth-order valence-corrected chi connectivity index (χ4v) is 4.53.